The summed E-state index contributed by atoms with van der Waals surface area (Å²) in [6.07, 6.45) is 4.31. The molecule has 0 bridgehead atoms. The Labute approximate surface area is 110 Å². The van der Waals surface area contributed by atoms with Crippen molar-refractivity contribution in [3.05, 3.63) is 12.2 Å². The molecule has 1 aromatic rings. The average molecular weight is 251 g/mol. The van der Waals surface area contributed by atoms with E-state index in [0.717, 1.165) is 24.8 Å². The Bertz CT molecular complexity index is 360. The van der Waals surface area contributed by atoms with Crippen LogP contribution in [0.15, 0.2) is 6.33 Å². The second-order valence-electron chi connectivity index (χ2n) is 5.62. The van der Waals surface area contributed by atoms with Gasteiger partial charge in [0, 0.05) is 12.6 Å². The largest absolute Gasteiger partial charge is 0.310 e. The van der Waals surface area contributed by atoms with Gasteiger partial charge in [-0.05, 0) is 52.7 Å². The molecule has 0 spiro atoms. The van der Waals surface area contributed by atoms with Crippen molar-refractivity contribution in [3.63, 3.8) is 0 Å². The molecule has 1 saturated heterocycles. The zero-order valence-corrected chi connectivity index (χ0v) is 11.8. The lowest BCUT2D eigenvalue weighted by atomic mass is 9.98. The summed E-state index contributed by atoms with van der Waals surface area (Å²) < 4.78 is 1.99. The van der Waals surface area contributed by atoms with Crippen LogP contribution in [0.1, 0.15) is 38.6 Å². The van der Waals surface area contributed by atoms with E-state index in [4.69, 9.17) is 0 Å². The number of nitrogens with one attached hydrogen (secondary N) is 1. The lowest BCUT2D eigenvalue weighted by molar-refractivity contribution is 0.205. The second-order valence-corrected chi connectivity index (χ2v) is 5.62. The van der Waals surface area contributed by atoms with Crippen LogP contribution < -0.4 is 5.32 Å². The number of piperidine rings is 1. The molecular formula is C13H25N5. The van der Waals surface area contributed by atoms with Crippen molar-refractivity contribution >= 4 is 0 Å². The molecule has 2 rings (SSSR count). The molecule has 1 fully saturated rings. The van der Waals surface area contributed by atoms with Gasteiger partial charge in [0.25, 0.3) is 0 Å². The van der Waals surface area contributed by atoms with E-state index in [1.807, 2.05) is 4.68 Å². The zero-order chi connectivity index (χ0) is 13.0. The highest BCUT2D eigenvalue weighted by atomic mass is 15.4. The molecule has 0 amide bonds. The minimum Gasteiger partial charge on any atom is -0.310 e. The fourth-order valence-corrected chi connectivity index (χ4v) is 2.66. The minimum absolute atomic E-state index is 0.380. The van der Waals surface area contributed by atoms with Gasteiger partial charge in [0.2, 0.25) is 0 Å². The Morgan fingerprint density at radius 1 is 1.50 bits per heavy atom. The standard InChI is InChI=1S/C13H25N5/c1-11(2)18-13(15-10-16-18)8-14-7-12-5-4-6-17(3)9-12/h10-12,14H,4-9H2,1-3H3. The van der Waals surface area contributed by atoms with Crippen LogP contribution in [0.5, 0.6) is 0 Å². The van der Waals surface area contributed by atoms with Gasteiger partial charge in [-0.15, -0.1) is 0 Å². The van der Waals surface area contributed by atoms with E-state index in [9.17, 15) is 0 Å². The van der Waals surface area contributed by atoms with Gasteiger partial charge in [0.15, 0.2) is 0 Å². The van der Waals surface area contributed by atoms with Crippen molar-refractivity contribution in [1.29, 1.82) is 0 Å². The quantitative estimate of drug-likeness (QED) is 0.856. The molecule has 1 atom stereocenters. The maximum absolute atomic E-state index is 4.31. The van der Waals surface area contributed by atoms with Crippen LogP contribution in [-0.4, -0.2) is 46.3 Å². The van der Waals surface area contributed by atoms with Gasteiger partial charge in [-0.25, -0.2) is 9.67 Å². The second kappa shape index (κ2) is 6.29. The predicted octanol–water partition coefficient (Wildman–Crippen LogP) is 1.29. The molecule has 0 saturated carbocycles. The third-order valence-corrected chi connectivity index (χ3v) is 3.57. The van der Waals surface area contributed by atoms with E-state index in [-0.39, 0.29) is 0 Å². The Balaban J connectivity index is 1.76. The molecule has 2 heterocycles. The molecule has 18 heavy (non-hydrogen) atoms. The highest BCUT2D eigenvalue weighted by Gasteiger charge is 2.17. The summed E-state index contributed by atoms with van der Waals surface area (Å²) in [5.74, 6) is 1.81. The highest BCUT2D eigenvalue weighted by molar-refractivity contribution is 4.86. The van der Waals surface area contributed by atoms with E-state index in [1.165, 1.54) is 25.9 Å². The molecular weight excluding hydrogens is 226 g/mol. The summed E-state index contributed by atoms with van der Waals surface area (Å²) in [5, 5.41) is 7.77. The normalized spacial score (nSPS) is 21.7. The van der Waals surface area contributed by atoms with Crippen LogP contribution in [0, 0.1) is 5.92 Å². The molecule has 1 aliphatic rings. The van der Waals surface area contributed by atoms with E-state index >= 15 is 0 Å². The van der Waals surface area contributed by atoms with Crippen molar-refractivity contribution < 1.29 is 0 Å². The summed E-state index contributed by atoms with van der Waals surface area (Å²) >= 11 is 0. The molecule has 1 unspecified atom stereocenters. The Hall–Kier alpha value is -0.940. The van der Waals surface area contributed by atoms with Crippen LogP contribution in [0.4, 0.5) is 0 Å². The molecule has 0 aromatic carbocycles. The summed E-state index contributed by atoms with van der Waals surface area (Å²) in [6.45, 7) is 8.62. The average Bonchev–Trinajstić information content (AvgIpc) is 2.77. The van der Waals surface area contributed by atoms with Gasteiger partial charge in [-0.2, -0.15) is 5.10 Å². The summed E-state index contributed by atoms with van der Waals surface area (Å²) in [4.78, 5) is 6.74. The fourth-order valence-electron chi connectivity index (χ4n) is 2.66. The SMILES string of the molecule is CC(C)n1ncnc1CNCC1CCCN(C)C1. The van der Waals surface area contributed by atoms with Crippen molar-refractivity contribution in [1.82, 2.24) is 25.0 Å². The highest BCUT2D eigenvalue weighted by Crippen LogP contribution is 2.14. The third-order valence-electron chi connectivity index (χ3n) is 3.57. The summed E-state index contributed by atoms with van der Waals surface area (Å²) in [7, 11) is 2.21. The molecule has 102 valence electrons. The molecule has 1 aromatic heterocycles. The smallest absolute Gasteiger partial charge is 0.141 e. The van der Waals surface area contributed by atoms with Gasteiger partial charge in [-0.1, -0.05) is 0 Å². The number of likely N-dealkylation sites (tertiary alicyclic amines) is 1. The van der Waals surface area contributed by atoms with Crippen LogP contribution in [0.25, 0.3) is 0 Å². The van der Waals surface area contributed by atoms with E-state index in [2.05, 4.69) is 41.2 Å². The number of hydrogen-bond acceptors (Lipinski definition) is 4. The Morgan fingerprint density at radius 2 is 2.33 bits per heavy atom. The van der Waals surface area contributed by atoms with Gasteiger partial charge in [0.05, 0.1) is 6.54 Å². The molecule has 1 aliphatic heterocycles. The van der Waals surface area contributed by atoms with Crippen LogP contribution in [0.3, 0.4) is 0 Å². The number of rotatable bonds is 5. The van der Waals surface area contributed by atoms with E-state index in [1.54, 1.807) is 6.33 Å². The molecule has 1 N–H and O–H groups in total. The first kappa shape index (κ1) is 13.5. The van der Waals surface area contributed by atoms with Crippen molar-refractivity contribution in [2.75, 3.05) is 26.7 Å². The van der Waals surface area contributed by atoms with Gasteiger partial charge in [-0.3, -0.25) is 0 Å². The van der Waals surface area contributed by atoms with Crippen molar-refractivity contribution in [3.8, 4) is 0 Å². The lowest BCUT2D eigenvalue weighted by Crippen LogP contribution is -2.37. The molecule has 5 heteroatoms. The first-order chi connectivity index (χ1) is 8.66. The van der Waals surface area contributed by atoms with Gasteiger partial charge >= 0.3 is 0 Å². The number of hydrogen-bond donors (Lipinski definition) is 1. The van der Waals surface area contributed by atoms with Crippen LogP contribution >= 0.6 is 0 Å². The fraction of sp³-hybridized carbons (Fsp3) is 0.846. The van der Waals surface area contributed by atoms with E-state index < -0.39 is 0 Å². The third kappa shape index (κ3) is 3.53. The minimum atomic E-state index is 0.380. The summed E-state index contributed by atoms with van der Waals surface area (Å²) in [5.41, 5.74) is 0. The summed E-state index contributed by atoms with van der Waals surface area (Å²) in [6, 6.07) is 0.380. The molecule has 0 radical (unpaired) electrons. The Kier molecular flexibility index (Phi) is 4.72. The molecule has 0 aliphatic carbocycles. The monoisotopic (exact) mass is 251 g/mol. The van der Waals surface area contributed by atoms with Crippen LogP contribution in [0.2, 0.25) is 0 Å². The maximum atomic E-state index is 4.31. The van der Waals surface area contributed by atoms with Crippen molar-refractivity contribution in [2.24, 2.45) is 5.92 Å². The molecule has 5 nitrogen and oxygen atoms in total. The van der Waals surface area contributed by atoms with Gasteiger partial charge < -0.3 is 10.2 Å². The topological polar surface area (TPSA) is 46.0 Å². The van der Waals surface area contributed by atoms with Crippen molar-refractivity contribution in [2.45, 2.75) is 39.3 Å². The lowest BCUT2D eigenvalue weighted by Gasteiger charge is -2.29. The van der Waals surface area contributed by atoms with Gasteiger partial charge in [0.1, 0.15) is 12.2 Å². The number of nitrogens with zero attached hydrogens (tertiary/aromatic N) is 4. The predicted molar refractivity (Wildman–Crippen MR) is 72.3 cm³/mol. The zero-order valence-electron chi connectivity index (χ0n) is 11.8. The van der Waals surface area contributed by atoms with E-state index in [0.29, 0.717) is 6.04 Å². The maximum Gasteiger partial charge on any atom is 0.141 e. The number of aromatic nitrogens is 3. The first-order valence-electron chi connectivity index (χ1n) is 6.94. The van der Waals surface area contributed by atoms with Crippen LogP contribution in [-0.2, 0) is 6.54 Å². The Morgan fingerprint density at radius 3 is 3.06 bits per heavy atom. The first-order valence-corrected chi connectivity index (χ1v) is 6.94.